The average molecular weight is 445 g/mol. The number of fused-ring (bicyclic) bond motifs is 2. The number of rotatable bonds is 5. The van der Waals surface area contributed by atoms with Crippen LogP contribution >= 0.6 is 11.6 Å². The third-order valence-electron chi connectivity index (χ3n) is 5.42. The summed E-state index contributed by atoms with van der Waals surface area (Å²) >= 11 is 6.61. The van der Waals surface area contributed by atoms with Crippen LogP contribution in [0, 0.1) is 0 Å². The number of H-pyrrole nitrogens is 1. The van der Waals surface area contributed by atoms with E-state index in [-0.39, 0.29) is 5.91 Å². The number of hydrogen-bond acceptors (Lipinski definition) is 4. The van der Waals surface area contributed by atoms with E-state index in [0.29, 0.717) is 21.8 Å². The monoisotopic (exact) mass is 444 g/mol. The Hall–Kier alpha value is -3.61. The van der Waals surface area contributed by atoms with Crippen molar-refractivity contribution < 1.29 is 9.32 Å². The number of halogens is 1. The van der Waals surface area contributed by atoms with Crippen molar-refractivity contribution in [2.75, 3.05) is 14.1 Å². The second kappa shape index (κ2) is 7.82. The molecule has 0 saturated heterocycles. The highest BCUT2D eigenvalue weighted by Gasteiger charge is 2.21. The Morgan fingerprint density at radius 3 is 2.66 bits per heavy atom. The van der Waals surface area contributed by atoms with Crippen molar-refractivity contribution in [3.63, 3.8) is 0 Å². The fourth-order valence-electron chi connectivity index (χ4n) is 3.99. The zero-order valence-corrected chi connectivity index (χ0v) is 18.5. The fourth-order valence-corrected chi connectivity index (χ4v) is 4.23. The molecule has 0 aliphatic heterocycles. The van der Waals surface area contributed by atoms with Crippen molar-refractivity contribution >= 4 is 39.6 Å². The van der Waals surface area contributed by atoms with Gasteiger partial charge in [0, 0.05) is 23.7 Å². The molecule has 0 unspecified atom stereocenters. The highest BCUT2D eigenvalue weighted by molar-refractivity contribution is 6.36. The van der Waals surface area contributed by atoms with Crippen LogP contribution in [0.15, 0.2) is 71.9 Å². The molecule has 3 heterocycles. The lowest BCUT2D eigenvalue weighted by Gasteiger charge is -2.13. The Bertz CT molecular complexity index is 1470. The third kappa shape index (κ3) is 3.34. The van der Waals surface area contributed by atoms with Crippen LogP contribution in [0.1, 0.15) is 10.4 Å². The van der Waals surface area contributed by atoms with Crippen LogP contribution < -0.4 is 0 Å². The molecule has 0 saturated carbocycles. The molecule has 0 radical (unpaired) electrons. The first-order valence-corrected chi connectivity index (χ1v) is 10.5. The zero-order chi connectivity index (χ0) is 22.4. The molecule has 3 aromatic heterocycles. The smallest absolute Gasteiger partial charge is 0.283 e. The summed E-state index contributed by atoms with van der Waals surface area (Å²) in [6.07, 6.45) is 2.91. The topological polar surface area (TPSA) is 67.1 Å². The molecule has 0 amide bonds. The minimum atomic E-state index is -0.315. The van der Waals surface area contributed by atoms with E-state index < -0.39 is 0 Å². The molecule has 160 valence electrons. The maximum atomic E-state index is 12.1. The van der Waals surface area contributed by atoms with Gasteiger partial charge >= 0.3 is 0 Å². The first-order chi connectivity index (χ1) is 15.5. The van der Waals surface area contributed by atoms with Crippen LogP contribution in [-0.4, -0.2) is 39.6 Å². The number of nitrogens with one attached hydrogen (secondary N) is 1. The minimum absolute atomic E-state index is 0.315. The molecule has 0 aliphatic carbocycles. The second-order valence-corrected chi connectivity index (χ2v) is 8.34. The lowest BCUT2D eigenvalue weighted by molar-refractivity contribution is 0.0857. The van der Waals surface area contributed by atoms with E-state index >= 15 is 0 Å². The summed E-state index contributed by atoms with van der Waals surface area (Å²) in [7, 11) is 4.10. The van der Waals surface area contributed by atoms with Crippen molar-refractivity contribution in [1.82, 2.24) is 19.6 Å². The Labute approximate surface area is 189 Å². The standard InChI is InChI=1S/C25H21ClN4O2/c1-4-21(31)30-19-13-17(9-10-20(19)32-30)22-23-18(26)11-12-27-25(23)28-24(22)16-7-5-15(6-8-16)14-29(2)3/h4-13H,1,14H2,2-3H3,(H,27,28). The quantitative estimate of drug-likeness (QED) is 0.338. The van der Waals surface area contributed by atoms with Gasteiger partial charge in [0.05, 0.1) is 10.7 Å². The van der Waals surface area contributed by atoms with Gasteiger partial charge in [0.2, 0.25) is 0 Å². The molecule has 6 nitrogen and oxygen atoms in total. The predicted octanol–water partition coefficient (Wildman–Crippen LogP) is 5.99. The third-order valence-corrected chi connectivity index (χ3v) is 5.73. The Morgan fingerprint density at radius 1 is 1.19 bits per heavy atom. The summed E-state index contributed by atoms with van der Waals surface area (Å²) in [5, 5.41) is 1.44. The lowest BCUT2D eigenvalue weighted by atomic mass is 9.97. The molecular formula is C25H21ClN4O2. The van der Waals surface area contributed by atoms with Gasteiger partial charge in [0.15, 0.2) is 5.58 Å². The number of aromatic amines is 1. The van der Waals surface area contributed by atoms with Gasteiger partial charge in [-0.1, -0.05) is 48.5 Å². The normalized spacial score (nSPS) is 11.6. The first kappa shape index (κ1) is 20.3. The highest BCUT2D eigenvalue weighted by Crippen LogP contribution is 2.41. The van der Waals surface area contributed by atoms with Crippen molar-refractivity contribution in [1.29, 1.82) is 0 Å². The van der Waals surface area contributed by atoms with E-state index in [1.165, 1.54) is 16.4 Å². The molecular weight excluding hydrogens is 424 g/mol. The molecule has 1 N–H and O–H groups in total. The number of pyridine rings is 1. The van der Waals surface area contributed by atoms with E-state index in [9.17, 15) is 4.79 Å². The molecule has 5 aromatic rings. The first-order valence-electron chi connectivity index (χ1n) is 10.2. The minimum Gasteiger partial charge on any atom is -0.369 e. The van der Waals surface area contributed by atoms with Crippen molar-refractivity contribution in [2.45, 2.75) is 6.54 Å². The van der Waals surface area contributed by atoms with Crippen LogP contribution in [0.2, 0.25) is 5.02 Å². The SMILES string of the molecule is C=CC(=O)n1oc2ccc(-c3c(-c4ccc(CN(C)C)cc4)[nH]c4nccc(Cl)c34)cc21. The molecule has 0 atom stereocenters. The summed E-state index contributed by atoms with van der Waals surface area (Å²) in [6, 6.07) is 16.0. The van der Waals surface area contributed by atoms with Gasteiger partial charge in [-0.15, -0.1) is 4.74 Å². The summed E-state index contributed by atoms with van der Waals surface area (Å²) in [4.78, 5) is 22.1. The number of carbonyl (C=O) groups excluding carboxylic acids is 1. The number of nitrogens with zero attached hydrogens (tertiary/aromatic N) is 3. The maximum absolute atomic E-state index is 12.1. The Morgan fingerprint density at radius 2 is 1.94 bits per heavy atom. The molecule has 5 rings (SSSR count). The average Bonchev–Trinajstić information content (AvgIpc) is 3.15. The van der Waals surface area contributed by atoms with E-state index in [1.807, 2.05) is 32.3 Å². The van der Waals surface area contributed by atoms with E-state index in [2.05, 4.69) is 45.7 Å². The van der Waals surface area contributed by atoms with E-state index in [1.54, 1.807) is 12.3 Å². The van der Waals surface area contributed by atoms with Crippen molar-refractivity contribution in [3.8, 4) is 22.4 Å². The fraction of sp³-hybridized carbons (Fsp3) is 0.120. The molecule has 32 heavy (non-hydrogen) atoms. The number of allylic oxidation sites excluding steroid dienone is 1. The number of hydrogen-bond donors (Lipinski definition) is 1. The van der Waals surface area contributed by atoms with Gasteiger partial charge in [-0.2, -0.15) is 0 Å². The van der Waals surface area contributed by atoms with Gasteiger partial charge in [-0.25, -0.2) is 4.98 Å². The van der Waals surface area contributed by atoms with Crippen LogP contribution in [0.25, 0.3) is 44.5 Å². The van der Waals surface area contributed by atoms with Crippen LogP contribution in [-0.2, 0) is 6.54 Å². The zero-order valence-electron chi connectivity index (χ0n) is 17.7. The molecule has 7 heteroatoms. The molecule has 0 fully saturated rings. The molecule has 0 aliphatic rings. The number of carbonyl (C=O) groups is 1. The van der Waals surface area contributed by atoms with Gasteiger partial charge in [-0.05, 0) is 55.1 Å². The van der Waals surface area contributed by atoms with Crippen LogP contribution in [0.5, 0.6) is 0 Å². The highest BCUT2D eigenvalue weighted by atomic mass is 35.5. The van der Waals surface area contributed by atoms with Gasteiger partial charge in [0.1, 0.15) is 11.2 Å². The van der Waals surface area contributed by atoms with Gasteiger partial charge in [0.25, 0.3) is 5.91 Å². The van der Waals surface area contributed by atoms with Crippen LogP contribution in [0.4, 0.5) is 0 Å². The summed E-state index contributed by atoms with van der Waals surface area (Å²) in [5.74, 6) is -0.315. The molecule has 2 aromatic carbocycles. The Kier molecular flexibility index (Phi) is 4.96. The number of aromatic nitrogens is 3. The number of benzene rings is 2. The molecule has 0 spiro atoms. The van der Waals surface area contributed by atoms with Crippen LogP contribution in [0.3, 0.4) is 0 Å². The second-order valence-electron chi connectivity index (χ2n) is 7.94. The summed E-state index contributed by atoms with van der Waals surface area (Å²) in [5.41, 5.74) is 7.04. The largest absolute Gasteiger partial charge is 0.369 e. The maximum Gasteiger partial charge on any atom is 0.283 e. The van der Waals surface area contributed by atoms with E-state index in [0.717, 1.165) is 34.3 Å². The molecule has 0 bridgehead atoms. The van der Waals surface area contributed by atoms with E-state index in [4.69, 9.17) is 16.1 Å². The summed E-state index contributed by atoms with van der Waals surface area (Å²) in [6.45, 7) is 4.40. The lowest BCUT2D eigenvalue weighted by Crippen LogP contribution is -2.11. The van der Waals surface area contributed by atoms with Gasteiger partial charge < -0.3 is 14.4 Å². The van der Waals surface area contributed by atoms with Gasteiger partial charge in [-0.3, -0.25) is 4.79 Å². The Balaban J connectivity index is 1.71. The van der Waals surface area contributed by atoms with Crippen molar-refractivity contribution in [3.05, 3.63) is 78.0 Å². The summed E-state index contributed by atoms with van der Waals surface area (Å²) < 4.78 is 6.68. The van der Waals surface area contributed by atoms with Crippen molar-refractivity contribution in [2.24, 2.45) is 0 Å². The predicted molar refractivity (Wildman–Crippen MR) is 128 cm³/mol.